The summed E-state index contributed by atoms with van der Waals surface area (Å²) in [4.78, 5) is 17.2. The van der Waals surface area contributed by atoms with E-state index in [4.69, 9.17) is 4.98 Å². The van der Waals surface area contributed by atoms with Crippen LogP contribution in [0.4, 0.5) is 0 Å². The molecule has 0 aliphatic carbocycles. The maximum Gasteiger partial charge on any atom is 0.311 e. The van der Waals surface area contributed by atoms with E-state index in [0.717, 1.165) is 26.7 Å². The molecule has 2 aromatic carbocycles. The number of hydrogen-bond donors (Lipinski definition) is 1. The fourth-order valence-corrected chi connectivity index (χ4v) is 3.82. The van der Waals surface area contributed by atoms with Gasteiger partial charge in [-0.25, -0.2) is 4.98 Å². The third kappa shape index (κ3) is 3.17. The van der Waals surface area contributed by atoms with Crippen LogP contribution < -0.4 is 0 Å². The van der Waals surface area contributed by atoms with Crippen LogP contribution in [0.2, 0.25) is 0 Å². The van der Waals surface area contributed by atoms with Gasteiger partial charge in [0.2, 0.25) is 0 Å². The van der Waals surface area contributed by atoms with Crippen molar-refractivity contribution in [2.45, 2.75) is 19.3 Å². The topological polar surface area (TPSA) is 50.2 Å². The highest BCUT2D eigenvalue weighted by atomic mass is 32.1. The Morgan fingerprint density at radius 2 is 1.61 bits per heavy atom. The molecular formula is C19H17NO2S. The summed E-state index contributed by atoms with van der Waals surface area (Å²) < 4.78 is 0. The van der Waals surface area contributed by atoms with Crippen LogP contribution in [0.5, 0.6) is 0 Å². The molecule has 0 aliphatic rings. The molecule has 1 N–H and O–H groups in total. The highest BCUT2D eigenvalue weighted by molar-refractivity contribution is 7.15. The van der Waals surface area contributed by atoms with E-state index >= 15 is 0 Å². The maximum absolute atomic E-state index is 11.6. The molecule has 0 fully saturated rings. The lowest BCUT2D eigenvalue weighted by molar-refractivity contribution is -0.138. The molecule has 3 rings (SSSR count). The first-order valence-corrected chi connectivity index (χ1v) is 8.36. The number of benzene rings is 2. The number of aliphatic carboxylic acids is 1. The van der Waals surface area contributed by atoms with Gasteiger partial charge < -0.3 is 5.11 Å². The minimum atomic E-state index is -0.798. The Balaban J connectivity index is 2.16. The first-order chi connectivity index (χ1) is 11.2. The fraction of sp³-hybridized carbons (Fsp3) is 0.158. The highest BCUT2D eigenvalue weighted by Gasteiger charge is 2.26. The summed E-state index contributed by atoms with van der Waals surface area (Å²) in [5, 5.41) is 10.4. The van der Waals surface area contributed by atoms with E-state index in [2.05, 4.69) is 0 Å². The van der Waals surface area contributed by atoms with Crippen LogP contribution in [0.1, 0.15) is 24.1 Å². The Bertz CT molecular complexity index is 797. The lowest BCUT2D eigenvalue weighted by atomic mass is 10.0. The molecule has 1 heterocycles. The molecular weight excluding hydrogens is 306 g/mol. The van der Waals surface area contributed by atoms with Gasteiger partial charge in [0.1, 0.15) is 5.01 Å². The standard InChI is InChI=1S/C19H17NO2S/c1-2-15(19(21)22)17-16(13-9-5-3-6-10-13)20-18(23-17)14-11-7-4-8-12-14/h3-12,15H,2H2,1H3,(H,21,22). The molecule has 4 heteroatoms. The zero-order valence-electron chi connectivity index (χ0n) is 12.8. The number of thiazole rings is 1. The van der Waals surface area contributed by atoms with Crippen LogP contribution in [0.3, 0.4) is 0 Å². The molecule has 0 aliphatic heterocycles. The minimum Gasteiger partial charge on any atom is -0.481 e. The Hall–Kier alpha value is -2.46. The molecule has 0 bridgehead atoms. The monoisotopic (exact) mass is 323 g/mol. The minimum absolute atomic E-state index is 0.528. The summed E-state index contributed by atoms with van der Waals surface area (Å²) >= 11 is 1.48. The smallest absolute Gasteiger partial charge is 0.311 e. The first-order valence-electron chi connectivity index (χ1n) is 7.55. The van der Waals surface area contributed by atoms with Gasteiger partial charge in [0, 0.05) is 16.0 Å². The Kier molecular flexibility index (Phi) is 4.53. The number of aromatic nitrogens is 1. The molecule has 116 valence electrons. The average molecular weight is 323 g/mol. The van der Waals surface area contributed by atoms with Crippen molar-refractivity contribution < 1.29 is 9.90 Å². The van der Waals surface area contributed by atoms with Crippen LogP contribution >= 0.6 is 11.3 Å². The van der Waals surface area contributed by atoms with Gasteiger partial charge in [0.05, 0.1) is 11.6 Å². The average Bonchev–Trinajstić information content (AvgIpc) is 3.02. The van der Waals surface area contributed by atoms with E-state index in [9.17, 15) is 9.90 Å². The number of carbonyl (C=O) groups is 1. The van der Waals surface area contributed by atoms with Crippen LogP contribution in [-0.2, 0) is 4.79 Å². The highest BCUT2D eigenvalue weighted by Crippen LogP contribution is 2.39. The Morgan fingerprint density at radius 3 is 2.13 bits per heavy atom. The molecule has 0 radical (unpaired) electrons. The van der Waals surface area contributed by atoms with E-state index in [1.165, 1.54) is 11.3 Å². The third-order valence-corrected chi connectivity index (χ3v) is 4.96. The summed E-state index contributed by atoms with van der Waals surface area (Å²) in [6, 6.07) is 19.7. The zero-order chi connectivity index (χ0) is 16.2. The van der Waals surface area contributed by atoms with Gasteiger partial charge in [-0.1, -0.05) is 67.6 Å². The lowest BCUT2D eigenvalue weighted by Crippen LogP contribution is -2.09. The number of rotatable bonds is 5. The van der Waals surface area contributed by atoms with E-state index in [-0.39, 0.29) is 0 Å². The Morgan fingerprint density at radius 1 is 1.04 bits per heavy atom. The van der Waals surface area contributed by atoms with Crippen molar-refractivity contribution >= 4 is 17.3 Å². The van der Waals surface area contributed by atoms with E-state index < -0.39 is 11.9 Å². The summed E-state index contributed by atoms with van der Waals surface area (Å²) in [6.07, 6.45) is 0.547. The fourth-order valence-electron chi connectivity index (χ4n) is 2.55. The van der Waals surface area contributed by atoms with Gasteiger partial charge in [-0.05, 0) is 6.42 Å². The molecule has 0 saturated heterocycles. The maximum atomic E-state index is 11.6. The van der Waals surface area contributed by atoms with Crippen molar-refractivity contribution in [3.05, 3.63) is 65.5 Å². The van der Waals surface area contributed by atoms with Crippen molar-refractivity contribution in [1.29, 1.82) is 0 Å². The quantitative estimate of drug-likeness (QED) is 0.714. The molecule has 0 spiro atoms. The largest absolute Gasteiger partial charge is 0.481 e. The normalized spacial score (nSPS) is 12.0. The number of hydrogen-bond acceptors (Lipinski definition) is 3. The van der Waals surface area contributed by atoms with Gasteiger partial charge in [-0.2, -0.15) is 0 Å². The SMILES string of the molecule is CCC(C(=O)O)c1sc(-c2ccccc2)nc1-c1ccccc1. The van der Waals surface area contributed by atoms with Crippen LogP contribution in [0.25, 0.3) is 21.8 Å². The van der Waals surface area contributed by atoms with Crippen LogP contribution in [-0.4, -0.2) is 16.1 Å². The van der Waals surface area contributed by atoms with Crippen molar-refractivity contribution in [1.82, 2.24) is 4.98 Å². The summed E-state index contributed by atoms with van der Waals surface area (Å²) in [5.41, 5.74) is 2.76. The van der Waals surface area contributed by atoms with Crippen molar-refractivity contribution in [3.8, 4) is 21.8 Å². The molecule has 0 amide bonds. The van der Waals surface area contributed by atoms with E-state index in [0.29, 0.717) is 6.42 Å². The lowest BCUT2D eigenvalue weighted by Gasteiger charge is -2.09. The van der Waals surface area contributed by atoms with Crippen molar-refractivity contribution in [3.63, 3.8) is 0 Å². The summed E-state index contributed by atoms with van der Waals surface area (Å²) in [7, 11) is 0. The molecule has 3 aromatic rings. The molecule has 1 aromatic heterocycles. The zero-order valence-corrected chi connectivity index (χ0v) is 13.6. The van der Waals surface area contributed by atoms with E-state index in [1.54, 1.807) is 0 Å². The summed E-state index contributed by atoms with van der Waals surface area (Å²) in [5.74, 6) is -1.33. The predicted molar refractivity (Wildman–Crippen MR) is 93.7 cm³/mol. The second-order valence-corrected chi connectivity index (χ2v) is 6.29. The molecule has 3 nitrogen and oxygen atoms in total. The third-order valence-electron chi connectivity index (χ3n) is 3.74. The molecule has 23 heavy (non-hydrogen) atoms. The second kappa shape index (κ2) is 6.75. The number of carboxylic acids is 1. The molecule has 1 atom stereocenters. The predicted octanol–water partition coefficient (Wildman–Crippen LogP) is 5.06. The van der Waals surface area contributed by atoms with Gasteiger partial charge in [-0.3, -0.25) is 4.79 Å². The van der Waals surface area contributed by atoms with Crippen molar-refractivity contribution in [2.75, 3.05) is 0 Å². The Labute approximate surface area is 139 Å². The van der Waals surface area contributed by atoms with Gasteiger partial charge >= 0.3 is 5.97 Å². The number of nitrogens with zero attached hydrogens (tertiary/aromatic N) is 1. The second-order valence-electron chi connectivity index (χ2n) is 5.26. The van der Waals surface area contributed by atoms with Crippen LogP contribution in [0.15, 0.2) is 60.7 Å². The van der Waals surface area contributed by atoms with Gasteiger partial charge in [-0.15, -0.1) is 11.3 Å². The van der Waals surface area contributed by atoms with Gasteiger partial charge in [0.25, 0.3) is 0 Å². The summed E-state index contributed by atoms with van der Waals surface area (Å²) in [6.45, 7) is 1.90. The molecule has 0 saturated carbocycles. The molecule has 1 unspecified atom stereocenters. The first kappa shape index (κ1) is 15.4. The van der Waals surface area contributed by atoms with E-state index in [1.807, 2.05) is 67.6 Å². The van der Waals surface area contributed by atoms with Crippen molar-refractivity contribution in [2.24, 2.45) is 0 Å². The van der Waals surface area contributed by atoms with Gasteiger partial charge in [0.15, 0.2) is 0 Å². The number of carboxylic acid groups (broad SMARTS) is 1. The van der Waals surface area contributed by atoms with Crippen LogP contribution in [0, 0.1) is 0 Å².